The number of hydrogen-bond donors (Lipinski definition) is 1. The van der Waals surface area contributed by atoms with Crippen LogP contribution in [0.2, 0.25) is 0 Å². The Hall–Kier alpha value is -1.42. The fourth-order valence-electron chi connectivity index (χ4n) is 2.71. The van der Waals surface area contributed by atoms with Gasteiger partial charge in [0.1, 0.15) is 0 Å². The number of amides is 1. The SMILES string of the molecule is CN(CC1(O)CCCC1)C(=O)CCc1cccnc1. The maximum Gasteiger partial charge on any atom is 0.222 e. The van der Waals surface area contributed by atoms with Gasteiger partial charge in [0, 0.05) is 32.4 Å². The van der Waals surface area contributed by atoms with Crippen molar-refractivity contribution in [2.45, 2.75) is 44.1 Å². The smallest absolute Gasteiger partial charge is 0.222 e. The molecule has 2 rings (SSSR count). The van der Waals surface area contributed by atoms with Crippen molar-refractivity contribution in [3.05, 3.63) is 30.1 Å². The maximum atomic E-state index is 12.0. The molecule has 0 bridgehead atoms. The van der Waals surface area contributed by atoms with Crippen molar-refractivity contribution in [1.82, 2.24) is 9.88 Å². The van der Waals surface area contributed by atoms with Gasteiger partial charge in [-0.1, -0.05) is 18.9 Å². The number of carbonyl (C=O) groups excluding carboxylic acids is 1. The van der Waals surface area contributed by atoms with E-state index in [2.05, 4.69) is 4.98 Å². The molecule has 0 unspecified atom stereocenters. The van der Waals surface area contributed by atoms with Gasteiger partial charge in [0.25, 0.3) is 0 Å². The molecule has 4 nitrogen and oxygen atoms in total. The predicted octanol–water partition coefficient (Wildman–Crippen LogP) is 1.78. The summed E-state index contributed by atoms with van der Waals surface area (Å²) in [4.78, 5) is 17.7. The predicted molar refractivity (Wildman–Crippen MR) is 73.6 cm³/mol. The highest BCUT2D eigenvalue weighted by molar-refractivity contribution is 5.76. The van der Waals surface area contributed by atoms with E-state index in [1.807, 2.05) is 12.1 Å². The fraction of sp³-hybridized carbons (Fsp3) is 0.600. The van der Waals surface area contributed by atoms with Crippen molar-refractivity contribution >= 4 is 5.91 Å². The number of nitrogens with zero attached hydrogens (tertiary/aromatic N) is 2. The standard InChI is InChI=1S/C15H22N2O2/c1-17(12-15(19)8-2-3-9-15)14(18)7-6-13-5-4-10-16-11-13/h4-5,10-11,19H,2-3,6-9,12H2,1H3. The molecule has 104 valence electrons. The van der Waals surface area contributed by atoms with Gasteiger partial charge in [-0.15, -0.1) is 0 Å². The summed E-state index contributed by atoms with van der Waals surface area (Å²) in [6, 6.07) is 3.86. The van der Waals surface area contributed by atoms with Crippen molar-refractivity contribution < 1.29 is 9.90 Å². The zero-order valence-electron chi connectivity index (χ0n) is 11.5. The summed E-state index contributed by atoms with van der Waals surface area (Å²) in [6.45, 7) is 0.457. The van der Waals surface area contributed by atoms with Crippen LogP contribution in [0.15, 0.2) is 24.5 Å². The molecule has 0 spiro atoms. The number of likely N-dealkylation sites (N-methyl/N-ethyl adjacent to an activating group) is 1. The van der Waals surface area contributed by atoms with Crippen LogP contribution in [-0.4, -0.2) is 40.1 Å². The number of hydrogen-bond acceptors (Lipinski definition) is 3. The van der Waals surface area contributed by atoms with Crippen molar-refractivity contribution in [2.24, 2.45) is 0 Å². The van der Waals surface area contributed by atoms with E-state index >= 15 is 0 Å². The van der Waals surface area contributed by atoms with Gasteiger partial charge < -0.3 is 10.0 Å². The zero-order valence-corrected chi connectivity index (χ0v) is 11.5. The molecule has 0 aromatic carbocycles. The van der Waals surface area contributed by atoms with Crippen LogP contribution in [0.5, 0.6) is 0 Å². The lowest BCUT2D eigenvalue weighted by molar-refractivity contribution is -0.133. The van der Waals surface area contributed by atoms with Gasteiger partial charge >= 0.3 is 0 Å². The number of aromatic nitrogens is 1. The van der Waals surface area contributed by atoms with Crippen LogP contribution in [0, 0.1) is 0 Å². The molecule has 1 heterocycles. The highest BCUT2D eigenvalue weighted by atomic mass is 16.3. The summed E-state index contributed by atoms with van der Waals surface area (Å²) in [7, 11) is 1.78. The second-order valence-corrected chi connectivity index (χ2v) is 5.54. The molecule has 0 radical (unpaired) electrons. The number of rotatable bonds is 5. The first kappa shape index (κ1) is 14.0. The van der Waals surface area contributed by atoms with Crippen LogP contribution >= 0.6 is 0 Å². The highest BCUT2D eigenvalue weighted by Gasteiger charge is 2.33. The minimum atomic E-state index is -0.654. The topological polar surface area (TPSA) is 53.4 Å². The highest BCUT2D eigenvalue weighted by Crippen LogP contribution is 2.30. The Kier molecular flexibility index (Phi) is 4.53. The zero-order chi connectivity index (χ0) is 13.7. The Bertz CT molecular complexity index is 413. The second kappa shape index (κ2) is 6.15. The molecule has 0 saturated heterocycles. The van der Waals surface area contributed by atoms with E-state index in [4.69, 9.17) is 0 Å². The summed E-state index contributed by atoms with van der Waals surface area (Å²) in [5.74, 6) is 0.0872. The first-order valence-electron chi connectivity index (χ1n) is 6.94. The molecule has 1 amide bonds. The van der Waals surface area contributed by atoms with Crippen molar-refractivity contribution in [1.29, 1.82) is 0 Å². The van der Waals surface area contributed by atoms with Gasteiger partial charge in [0.15, 0.2) is 0 Å². The van der Waals surface area contributed by atoms with E-state index in [9.17, 15) is 9.90 Å². The molecule has 1 aliphatic carbocycles. The Morgan fingerprint density at radius 2 is 2.21 bits per heavy atom. The van der Waals surface area contributed by atoms with Crippen molar-refractivity contribution in [3.8, 4) is 0 Å². The third-order valence-corrected chi connectivity index (χ3v) is 3.84. The molecule has 1 N–H and O–H groups in total. The monoisotopic (exact) mass is 262 g/mol. The quantitative estimate of drug-likeness (QED) is 0.880. The number of carbonyl (C=O) groups is 1. The summed E-state index contributed by atoms with van der Waals surface area (Å²) < 4.78 is 0. The van der Waals surface area contributed by atoms with E-state index in [1.54, 1.807) is 24.3 Å². The van der Waals surface area contributed by atoms with E-state index in [-0.39, 0.29) is 5.91 Å². The minimum Gasteiger partial charge on any atom is -0.388 e. The van der Waals surface area contributed by atoms with Crippen LogP contribution in [0.25, 0.3) is 0 Å². The average molecular weight is 262 g/mol. The molecular weight excluding hydrogens is 240 g/mol. The van der Waals surface area contributed by atoms with Gasteiger partial charge in [0.05, 0.1) is 5.60 Å². The van der Waals surface area contributed by atoms with E-state index in [0.717, 1.165) is 31.2 Å². The van der Waals surface area contributed by atoms with Gasteiger partial charge in [-0.05, 0) is 30.9 Å². The molecule has 0 aliphatic heterocycles. The lowest BCUT2D eigenvalue weighted by Crippen LogP contribution is -2.42. The number of aryl methyl sites for hydroxylation is 1. The maximum absolute atomic E-state index is 12.0. The van der Waals surface area contributed by atoms with Crippen LogP contribution in [-0.2, 0) is 11.2 Å². The largest absolute Gasteiger partial charge is 0.388 e. The number of aliphatic hydroxyl groups is 1. The number of pyridine rings is 1. The molecular formula is C15H22N2O2. The molecule has 4 heteroatoms. The molecule has 1 fully saturated rings. The summed E-state index contributed by atoms with van der Waals surface area (Å²) in [5.41, 5.74) is 0.419. The first-order valence-corrected chi connectivity index (χ1v) is 6.94. The fourth-order valence-corrected chi connectivity index (χ4v) is 2.71. The Morgan fingerprint density at radius 3 is 2.84 bits per heavy atom. The molecule has 1 aromatic heterocycles. The van der Waals surface area contributed by atoms with Crippen molar-refractivity contribution in [2.75, 3.05) is 13.6 Å². The summed E-state index contributed by atoms with van der Waals surface area (Å²) in [5, 5.41) is 10.3. The Balaban J connectivity index is 1.79. The van der Waals surface area contributed by atoms with Crippen LogP contribution in [0.3, 0.4) is 0 Å². The van der Waals surface area contributed by atoms with Gasteiger partial charge in [0.2, 0.25) is 5.91 Å². The van der Waals surface area contributed by atoms with E-state index in [1.165, 1.54) is 0 Å². The van der Waals surface area contributed by atoms with E-state index < -0.39 is 5.60 Å². The lowest BCUT2D eigenvalue weighted by atomic mass is 10.0. The van der Waals surface area contributed by atoms with Crippen LogP contribution < -0.4 is 0 Å². The first-order chi connectivity index (χ1) is 9.09. The Morgan fingerprint density at radius 1 is 1.47 bits per heavy atom. The minimum absolute atomic E-state index is 0.0872. The van der Waals surface area contributed by atoms with Gasteiger partial charge in [-0.25, -0.2) is 0 Å². The third kappa shape index (κ3) is 4.03. The molecule has 0 atom stereocenters. The normalized spacial score (nSPS) is 17.4. The molecule has 1 saturated carbocycles. The second-order valence-electron chi connectivity index (χ2n) is 5.54. The average Bonchev–Trinajstić information content (AvgIpc) is 2.83. The van der Waals surface area contributed by atoms with E-state index in [0.29, 0.717) is 19.4 Å². The third-order valence-electron chi connectivity index (χ3n) is 3.84. The molecule has 1 aliphatic rings. The van der Waals surface area contributed by atoms with Crippen LogP contribution in [0.1, 0.15) is 37.7 Å². The summed E-state index contributed by atoms with van der Waals surface area (Å²) >= 11 is 0. The lowest BCUT2D eigenvalue weighted by Gasteiger charge is -2.28. The molecule has 19 heavy (non-hydrogen) atoms. The molecule has 1 aromatic rings. The van der Waals surface area contributed by atoms with Gasteiger partial charge in [-0.2, -0.15) is 0 Å². The Labute approximate surface area is 114 Å². The van der Waals surface area contributed by atoms with Crippen LogP contribution in [0.4, 0.5) is 0 Å². The summed E-state index contributed by atoms with van der Waals surface area (Å²) in [6.07, 6.45) is 8.45. The van der Waals surface area contributed by atoms with Crippen molar-refractivity contribution in [3.63, 3.8) is 0 Å². The van der Waals surface area contributed by atoms with Gasteiger partial charge in [-0.3, -0.25) is 9.78 Å².